The lowest BCUT2D eigenvalue weighted by Crippen LogP contribution is -2.52. The molecule has 1 atom stereocenters. The van der Waals surface area contributed by atoms with Crippen LogP contribution in [-0.2, 0) is 9.53 Å². The fourth-order valence-corrected chi connectivity index (χ4v) is 3.49. The first kappa shape index (κ1) is 17.2. The maximum absolute atomic E-state index is 12.4. The van der Waals surface area contributed by atoms with E-state index >= 15 is 0 Å². The number of piperidine rings is 1. The molecule has 1 aromatic rings. The van der Waals surface area contributed by atoms with Crippen LogP contribution in [0.1, 0.15) is 31.2 Å². The van der Waals surface area contributed by atoms with Gasteiger partial charge in [-0.1, -0.05) is 6.07 Å². The summed E-state index contributed by atoms with van der Waals surface area (Å²) in [6, 6.07) is 3.95. The van der Waals surface area contributed by atoms with Gasteiger partial charge in [0.2, 0.25) is 5.91 Å². The Labute approximate surface area is 143 Å². The van der Waals surface area contributed by atoms with Gasteiger partial charge in [0.05, 0.1) is 6.04 Å². The van der Waals surface area contributed by atoms with Gasteiger partial charge in [-0.05, 0) is 50.2 Å². The summed E-state index contributed by atoms with van der Waals surface area (Å²) in [5, 5.41) is 3.15. The van der Waals surface area contributed by atoms with Gasteiger partial charge in [-0.15, -0.1) is 0 Å². The molecule has 1 aromatic heterocycles. The molecule has 1 amide bonds. The SMILES string of the molecule is Cc1ccc(N2CCC(NC(=O)C(N)C3CCOCC3)CC2)nc1. The van der Waals surface area contributed by atoms with Crippen molar-refractivity contribution in [1.29, 1.82) is 0 Å². The minimum absolute atomic E-state index is 0.00573. The van der Waals surface area contributed by atoms with E-state index in [-0.39, 0.29) is 17.9 Å². The second-order valence-corrected chi connectivity index (χ2v) is 6.94. The van der Waals surface area contributed by atoms with Gasteiger partial charge in [0.15, 0.2) is 0 Å². The standard InChI is InChI=1S/C18H28N4O2/c1-13-2-3-16(20-12-13)22-8-4-15(5-9-22)21-18(23)17(19)14-6-10-24-11-7-14/h2-3,12,14-15,17H,4-11,19H2,1H3,(H,21,23). The Morgan fingerprint density at radius 2 is 2.00 bits per heavy atom. The summed E-state index contributed by atoms with van der Waals surface area (Å²) in [6.45, 7) is 5.29. The number of carbonyl (C=O) groups excluding carboxylic acids is 1. The van der Waals surface area contributed by atoms with Crippen LogP contribution in [0, 0.1) is 12.8 Å². The maximum atomic E-state index is 12.4. The first-order valence-corrected chi connectivity index (χ1v) is 8.95. The van der Waals surface area contributed by atoms with E-state index in [0.717, 1.165) is 44.6 Å². The Bertz CT molecular complexity index is 534. The molecule has 2 fully saturated rings. The highest BCUT2D eigenvalue weighted by atomic mass is 16.5. The molecule has 0 aromatic carbocycles. The number of pyridine rings is 1. The molecule has 2 aliphatic rings. The normalized spacial score (nSPS) is 21.5. The lowest BCUT2D eigenvalue weighted by atomic mass is 9.91. The van der Waals surface area contributed by atoms with Crippen LogP contribution >= 0.6 is 0 Å². The Morgan fingerprint density at radius 3 is 2.62 bits per heavy atom. The predicted octanol–water partition coefficient (Wildman–Crippen LogP) is 1.23. The summed E-state index contributed by atoms with van der Waals surface area (Å²) < 4.78 is 5.34. The van der Waals surface area contributed by atoms with E-state index in [4.69, 9.17) is 10.5 Å². The van der Waals surface area contributed by atoms with Crippen molar-refractivity contribution < 1.29 is 9.53 Å². The number of ether oxygens (including phenoxy) is 1. The largest absolute Gasteiger partial charge is 0.381 e. The number of anilines is 1. The van der Waals surface area contributed by atoms with Gasteiger partial charge in [-0.25, -0.2) is 4.98 Å². The molecule has 24 heavy (non-hydrogen) atoms. The van der Waals surface area contributed by atoms with Crippen LogP contribution in [0.2, 0.25) is 0 Å². The molecule has 3 heterocycles. The Hall–Kier alpha value is -1.66. The summed E-state index contributed by atoms with van der Waals surface area (Å²) in [6.07, 6.45) is 5.53. The lowest BCUT2D eigenvalue weighted by Gasteiger charge is -2.34. The molecule has 132 valence electrons. The van der Waals surface area contributed by atoms with Gasteiger partial charge in [0.25, 0.3) is 0 Å². The van der Waals surface area contributed by atoms with Crippen LogP contribution in [0.5, 0.6) is 0 Å². The third kappa shape index (κ3) is 4.24. The first-order chi connectivity index (χ1) is 11.6. The number of nitrogens with zero attached hydrogens (tertiary/aromatic N) is 2. The number of amides is 1. The predicted molar refractivity (Wildman–Crippen MR) is 93.9 cm³/mol. The van der Waals surface area contributed by atoms with Crippen LogP contribution in [0.4, 0.5) is 5.82 Å². The van der Waals surface area contributed by atoms with Crippen molar-refractivity contribution in [3.8, 4) is 0 Å². The summed E-state index contributed by atoms with van der Waals surface area (Å²) >= 11 is 0. The quantitative estimate of drug-likeness (QED) is 0.867. The molecule has 3 N–H and O–H groups in total. The highest BCUT2D eigenvalue weighted by molar-refractivity contribution is 5.82. The minimum Gasteiger partial charge on any atom is -0.381 e. The van der Waals surface area contributed by atoms with Crippen molar-refractivity contribution in [3.05, 3.63) is 23.9 Å². The monoisotopic (exact) mass is 332 g/mol. The number of aryl methyl sites for hydroxylation is 1. The van der Waals surface area contributed by atoms with Gasteiger partial charge >= 0.3 is 0 Å². The maximum Gasteiger partial charge on any atom is 0.237 e. The van der Waals surface area contributed by atoms with Crippen LogP contribution in [0.3, 0.4) is 0 Å². The summed E-state index contributed by atoms with van der Waals surface area (Å²) in [5.74, 6) is 1.26. The molecule has 0 aliphatic carbocycles. The molecule has 0 bridgehead atoms. The van der Waals surface area contributed by atoms with E-state index in [2.05, 4.69) is 27.3 Å². The van der Waals surface area contributed by atoms with Crippen LogP contribution in [0.15, 0.2) is 18.3 Å². The molecule has 6 nitrogen and oxygen atoms in total. The topological polar surface area (TPSA) is 80.5 Å². The molecule has 2 saturated heterocycles. The zero-order chi connectivity index (χ0) is 16.9. The minimum atomic E-state index is -0.411. The summed E-state index contributed by atoms with van der Waals surface area (Å²) in [4.78, 5) is 19.2. The van der Waals surface area contributed by atoms with Crippen LogP contribution in [0.25, 0.3) is 0 Å². The van der Waals surface area contributed by atoms with Crippen molar-refractivity contribution in [1.82, 2.24) is 10.3 Å². The highest BCUT2D eigenvalue weighted by Gasteiger charge is 2.29. The Balaban J connectivity index is 1.46. The number of nitrogens with one attached hydrogen (secondary N) is 1. The van der Waals surface area contributed by atoms with E-state index in [1.165, 1.54) is 5.56 Å². The molecular weight excluding hydrogens is 304 g/mol. The number of carbonyl (C=O) groups is 1. The molecule has 1 unspecified atom stereocenters. The van der Waals surface area contributed by atoms with Gasteiger partial charge in [0, 0.05) is 38.5 Å². The van der Waals surface area contributed by atoms with Crippen LogP contribution in [-0.4, -0.2) is 49.3 Å². The average molecular weight is 332 g/mol. The smallest absolute Gasteiger partial charge is 0.237 e. The first-order valence-electron chi connectivity index (χ1n) is 8.95. The number of nitrogens with two attached hydrogens (primary N) is 1. The van der Waals surface area contributed by atoms with Crippen molar-refractivity contribution in [2.45, 2.75) is 44.7 Å². The lowest BCUT2D eigenvalue weighted by molar-refractivity contribution is -0.125. The number of hydrogen-bond donors (Lipinski definition) is 2. The van der Waals surface area contributed by atoms with Crippen LogP contribution < -0.4 is 16.0 Å². The Kier molecular flexibility index (Phi) is 5.68. The van der Waals surface area contributed by atoms with E-state index in [0.29, 0.717) is 13.2 Å². The third-order valence-corrected chi connectivity index (χ3v) is 5.14. The van der Waals surface area contributed by atoms with E-state index in [1.54, 1.807) is 0 Å². The highest BCUT2D eigenvalue weighted by Crippen LogP contribution is 2.20. The summed E-state index contributed by atoms with van der Waals surface area (Å²) in [7, 11) is 0. The molecule has 0 radical (unpaired) electrons. The van der Waals surface area contributed by atoms with Crippen molar-refractivity contribution in [2.75, 3.05) is 31.2 Å². The van der Waals surface area contributed by atoms with E-state index in [1.807, 2.05) is 13.1 Å². The van der Waals surface area contributed by atoms with E-state index in [9.17, 15) is 4.79 Å². The molecule has 3 rings (SSSR count). The second-order valence-electron chi connectivity index (χ2n) is 6.94. The average Bonchev–Trinajstić information content (AvgIpc) is 2.63. The molecule has 2 aliphatic heterocycles. The number of aromatic nitrogens is 1. The molecule has 0 saturated carbocycles. The van der Waals surface area contributed by atoms with Gasteiger partial charge < -0.3 is 20.7 Å². The molecular formula is C18H28N4O2. The van der Waals surface area contributed by atoms with Gasteiger partial charge in [-0.2, -0.15) is 0 Å². The van der Waals surface area contributed by atoms with Gasteiger partial charge in [-0.3, -0.25) is 4.79 Å². The fourth-order valence-electron chi connectivity index (χ4n) is 3.49. The van der Waals surface area contributed by atoms with Crippen molar-refractivity contribution in [2.24, 2.45) is 11.7 Å². The number of hydrogen-bond acceptors (Lipinski definition) is 5. The number of rotatable bonds is 4. The molecule has 0 spiro atoms. The summed E-state index contributed by atoms with van der Waals surface area (Å²) in [5.41, 5.74) is 7.32. The van der Waals surface area contributed by atoms with Crippen molar-refractivity contribution in [3.63, 3.8) is 0 Å². The fraction of sp³-hybridized carbons (Fsp3) is 0.667. The van der Waals surface area contributed by atoms with Gasteiger partial charge in [0.1, 0.15) is 5.82 Å². The zero-order valence-electron chi connectivity index (χ0n) is 14.4. The third-order valence-electron chi connectivity index (χ3n) is 5.14. The second kappa shape index (κ2) is 7.94. The van der Waals surface area contributed by atoms with Crippen molar-refractivity contribution >= 4 is 11.7 Å². The zero-order valence-corrected chi connectivity index (χ0v) is 14.4. The van der Waals surface area contributed by atoms with E-state index < -0.39 is 6.04 Å². The Morgan fingerprint density at radius 1 is 1.29 bits per heavy atom. The molecule has 6 heteroatoms.